The van der Waals surface area contributed by atoms with E-state index in [1.807, 2.05) is 18.3 Å². The molecule has 2 aliphatic rings. The molecule has 27 heavy (non-hydrogen) atoms. The highest BCUT2D eigenvalue weighted by molar-refractivity contribution is 5.78. The minimum Gasteiger partial charge on any atom is -0.352 e. The van der Waals surface area contributed by atoms with Crippen molar-refractivity contribution in [1.29, 1.82) is 0 Å². The molecule has 2 saturated heterocycles. The Morgan fingerprint density at radius 1 is 1.22 bits per heavy atom. The molecule has 0 bridgehead atoms. The summed E-state index contributed by atoms with van der Waals surface area (Å²) in [6.45, 7) is 11.1. The second-order valence-electron chi connectivity index (χ2n) is 8.43. The molecule has 3 rings (SSSR count). The van der Waals surface area contributed by atoms with Crippen molar-refractivity contribution in [3.05, 3.63) is 30.1 Å². The maximum absolute atomic E-state index is 12.5. The van der Waals surface area contributed by atoms with E-state index in [1.165, 1.54) is 38.9 Å². The first kappa shape index (κ1) is 20.3. The van der Waals surface area contributed by atoms with E-state index in [2.05, 4.69) is 33.9 Å². The number of hydrogen-bond acceptors (Lipinski definition) is 4. The number of nitrogens with zero attached hydrogens (tertiary/aromatic N) is 3. The van der Waals surface area contributed by atoms with Gasteiger partial charge in [0, 0.05) is 37.4 Å². The maximum atomic E-state index is 12.5. The summed E-state index contributed by atoms with van der Waals surface area (Å²) in [5.74, 6) is 1.19. The highest BCUT2D eigenvalue weighted by Crippen LogP contribution is 2.24. The second kappa shape index (κ2) is 10.2. The minimum atomic E-state index is 0.170. The predicted octanol–water partition coefficient (Wildman–Crippen LogP) is 2.92. The highest BCUT2D eigenvalue weighted by Gasteiger charge is 2.30. The zero-order valence-corrected chi connectivity index (χ0v) is 17.1. The lowest BCUT2D eigenvalue weighted by molar-refractivity contribution is -0.126. The van der Waals surface area contributed by atoms with Crippen molar-refractivity contribution in [2.75, 3.05) is 32.7 Å². The van der Waals surface area contributed by atoms with Gasteiger partial charge in [-0.25, -0.2) is 0 Å². The van der Waals surface area contributed by atoms with Gasteiger partial charge in [0.1, 0.15) is 0 Å². The molecular formula is C22H36N4O. The zero-order chi connectivity index (χ0) is 19.1. The molecule has 150 valence electrons. The van der Waals surface area contributed by atoms with Crippen LogP contribution in [0.2, 0.25) is 0 Å². The SMILES string of the molecule is CC[C@H](C)CN1CCC(N2CCC(C(=O)NCc3cccnc3)CC2)CC1. The molecule has 3 heterocycles. The lowest BCUT2D eigenvalue weighted by Gasteiger charge is -2.42. The fraction of sp³-hybridized carbons (Fsp3) is 0.727. The summed E-state index contributed by atoms with van der Waals surface area (Å²) in [6, 6.07) is 4.63. The standard InChI is InChI=1S/C22H36N4O/c1-3-18(2)17-25-11-8-21(9-12-25)26-13-6-20(7-14-26)22(27)24-16-19-5-4-10-23-15-19/h4-5,10,15,18,20-21H,3,6-9,11-14,16-17H2,1-2H3,(H,24,27)/t18-/m0/s1. The Bertz CT molecular complexity index is 563. The Morgan fingerprint density at radius 2 is 1.96 bits per heavy atom. The minimum absolute atomic E-state index is 0.170. The number of amides is 1. The van der Waals surface area contributed by atoms with Crippen LogP contribution in [0.5, 0.6) is 0 Å². The highest BCUT2D eigenvalue weighted by atomic mass is 16.1. The zero-order valence-electron chi connectivity index (χ0n) is 17.1. The van der Waals surface area contributed by atoms with Crippen molar-refractivity contribution < 1.29 is 4.79 Å². The van der Waals surface area contributed by atoms with Gasteiger partial charge in [-0.15, -0.1) is 0 Å². The molecule has 5 heteroatoms. The fourth-order valence-corrected chi connectivity index (χ4v) is 4.40. The van der Waals surface area contributed by atoms with E-state index in [0.717, 1.165) is 43.5 Å². The Labute approximate surface area is 164 Å². The molecule has 0 saturated carbocycles. The first-order valence-electron chi connectivity index (χ1n) is 10.8. The van der Waals surface area contributed by atoms with Crippen molar-refractivity contribution in [2.45, 2.75) is 58.5 Å². The van der Waals surface area contributed by atoms with E-state index < -0.39 is 0 Å². The van der Waals surface area contributed by atoms with Gasteiger partial charge in [0.25, 0.3) is 0 Å². The van der Waals surface area contributed by atoms with Gasteiger partial charge in [0.15, 0.2) is 0 Å². The van der Waals surface area contributed by atoms with Gasteiger partial charge < -0.3 is 15.1 Å². The van der Waals surface area contributed by atoms with Crippen molar-refractivity contribution in [1.82, 2.24) is 20.1 Å². The number of hydrogen-bond donors (Lipinski definition) is 1. The van der Waals surface area contributed by atoms with Crippen LogP contribution in [-0.2, 0) is 11.3 Å². The summed E-state index contributed by atoms with van der Waals surface area (Å²) >= 11 is 0. The summed E-state index contributed by atoms with van der Waals surface area (Å²) in [7, 11) is 0. The van der Waals surface area contributed by atoms with E-state index in [1.54, 1.807) is 6.20 Å². The Balaban J connectivity index is 1.36. The van der Waals surface area contributed by atoms with Gasteiger partial charge >= 0.3 is 0 Å². The third kappa shape index (κ3) is 6.01. The predicted molar refractivity (Wildman–Crippen MR) is 109 cm³/mol. The first-order valence-corrected chi connectivity index (χ1v) is 10.8. The second-order valence-corrected chi connectivity index (χ2v) is 8.43. The number of carbonyl (C=O) groups is 1. The van der Waals surface area contributed by atoms with Gasteiger partial charge in [-0.3, -0.25) is 9.78 Å². The van der Waals surface area contributed by atoms with Crippen molar-refractivity contribution >= 4 is 5.91 Å². The van der Waals surface area contributed by atoms with Crippen molar-refractivity contribution in [3.8, 4) is 0 Å². The number of carbonyl (C=O) groups excluding carboxylic acids is 1. The number of likely N-dealkylation sites (tertiary alicyclic amines) is 2. The van der Waals surface area contributed by atoms with Crippen LogP contribution >= 0.6 is 0 Å². The van der Waals surface area contributed by atoms with E-state index in [0.29, 0.717) is 6.54 Å². The quantitative estimate of drug-likeness (QED) is 0.799. The molecule has 0 radical (unpaired) electrons. The number of rotatable bonds is 7. The Kier molecular flexibility index (Phi) is 7.65. The molecule has 5 nitrogen and oxygen atoms in total. The Hall–Kier alpha value is -1.46. The molecule has 0 aromatic carbocycles. The topological polar surface area (TPSA) is 48.5 Å². The summed E-state index contributed by atoms with van der Waals surface area (Å²) in [6.07, 6.45) is 9.41. The van der Waals surface area contributed by atoms with Crippen LogP contribution in [0, 0.1) is 11.8 Å². The number of piperidine rings is 2. The largest absolute Gasteiger partial charge is 0.352 e. The molecule has 0 aliphatic carbocycles. The monoisotopic (exact) mass is 372 g/mol. The van der Waals surface area contributed by atoms with Gasteiger partial charge in [0.05, 0.1) is 0 Å². The van der Waals surface area contributed by atoms with E-state index in [4.69, 9.17) is 0 Å². The molecule has 0 spiro atoms. The first-order chi connectivity index (χ1) is 13.2. The molecule has 1 aromatic heterocycles. The molecule has 1 atom stereocenters. The van der Waals surface area contributed by atoms with Crippen LogP contribution < -0.4 is 5.32 Å². The maximum Gasteiger partial charge on any atom is 0.223 e. The summed E-state index contributed by atoms with van der Waals surface area (Å²) in [5.41, 5.74) is 1.06. The van der Waals surface area contributed by atoms with Crippen LogP contribution in [0.4, 0.5) is 0 Å². The molecule has 2 aliphatic heterocycles. The molecular weight excluding hydrogens is 336 g/mol. The summed E-state index contributed by atoms with van der Waals surface area (Å²) < 4.78 is 0. The lowest BCUT2D eigenvalue weighted by atomic mass is 9.92. The molecule has 1 amide bonds. The van der Waals surface area contributed by atoms with Gasteiger partial charge in [-0.1, -0.05) is 26.3 Å². The third-order valence-corrected chi connectivity index (χ3v) is 6.43. The third-order valence-electron chi connectivity index (χ3n) is 6.43. The van der Waals surface area contributed by atoms with Crippen LogP contribution in [0.15, 0.2) is 24.5 Å². The Morgan fingerprint density at radius 3 is 2.59 bits per heavy atom. The molecule has 1 aromatic rings. The van der Waals surface area contributed by atoms with E-state index >= 15 is 0 Å². The van der Waals surface area contributed by atoms with E-state index in [9.17, 15) is 4.79 Å². The fourth-order valence-electron chi connectivity index (χ4n) is 4.40. The number of aromatic nitrogens is 1. The summed E-state index contributed by atoms with van der Waals surface area (Å²) in [5, 5.41) is 3.09. The smallest absolute Gasteiger partial charge is 0.223 e. The average Bonchev–Trinajstić information content (AvgIpc) is 2.73. The van der Waals surface area contributed by atoms with Crippen LogP contribution in [0.1, 0.15) is 51.5 Å². The summed E-state index contributed by atoms with van der Waals surface area (Å²) in [4.78, 5) is 21.9. The average molecular weight is 373 g/mol. The number of nitrogens with one attached hydrogen (secondary N) is 1. The molecule has 2 fully saturated rings. The van der Waals surface area contributed by atoms with Crippen molar-refractivity contribution in [2.24, 2.45) is 11.8 Å². The molecule has 1 N–H and O–H groups in total. The lowest BCUT2D eigenvalue weighted by Crippen LogP contribution is -2.49. The number of pyridine rings is 1. The van der Waals surface area contributed by atoms with Crippen molar-refractivity contribution in [3.63, 3.8) is 0 Å². The van der Waals surface area contributed by atoms with Gasteiger partial charge in [-0.05, 0) is 69.4 Å². The van der Waals surface area contributed by atoms with Crippen LogP contribution in [0.3, 0.4) is 0 Å². The van der Waals surface area contributed by atoms with E-state index in [-0.39, 0.29) is 11.8 Å². The van der Waals surface area contributed by atoms with Gasteiger partial charge in [-0.2, -0.15) is 0 Å². The van der Waals surface area contributed by atoms with Crippen LogP contribution in [-0.4, -0.2) is 59.5 Å². The normalized spacial score (nSPS) is 21.9. The van der Waals surface area contributed by atoms with Crippen LogP contribution in [0.25, 0.3) is 0 Å². The molecule has 0 unspecified atom stereocenters. The van der Waals surface area contributed by atoms with Gasteiger partial charge in [0.2, 0.25) is 5.91 Å².